The molecule has 0 saturated carbocycles. The summed E-state index contributed by atoms with van der Waals surface area (Å²) in [4.78, 5) is 10.6. The molecule has 1 unspecified atom stereocenters. The number of nitro groups is 1. The third-order valence-electron chi connectivity index (χ3n) is 3.52. The van der Waals surface area contributed by atoms with Crippen LogP contribution in [0.1, 0.15) is 32.3 Å². The summed E-state index contributed by atoms with van der Waals surface area (Å²) in [6, 6.07) is 5.10. The van der Waals surface area contributed by atoms with Gasteiger partial charge in [0.25, 0.3) is 5.69 Å². The highest BCUT2D eigenvalue weighted by Gasteiger charge is 2.28. The lowest BCUT2D eigenvalue weighted by atomic mass is 9.94. The van der Waals surface area contributed by atoms with Crippen LogP contribution in [0.2, 0.25) is 5.02 Å². The first kappa shape index (κ1) is 15.2. The van der Waals surface area contributed by atoms with E-state index in [2.05, 4.69) is 19.2 Å². The normalized spacial score (nSPS) is 21.6. The fourth-order valence-corrected chi connectivity index (χ4v) is 2.68. The smallest absolute Gasteiger partial charge is 0.275 e. The third kappa shape index (κ3) is 3.91. The van der Waals surface area contributed by atoms with Gasteiger partial charge >= 0.3 is 0 Å². The highest BCUT2D eigenvalue weighted by Crippen LogP contribution is 2.26. The summed E-state index contributed by atoms with van der Waals surface area (Å²) < 4.78 is 5.66. The Kier molecular flexibility index (Phi) is 4.62. The van der Waals surface area contributed by atoms with Crippen LogP contribution >= 0.6 is 11.6 Å². The van der Waals surface area contributed by atoms with Crippen LogP contribution in [0.3, 0.4) is 0 Å². The maximum absolute atomic E-state index is 11.0. The van der Waals surface area contributed by atoms with E-state index >= 15 is 0 Å². The number of nitrogens with one attached hydrogen (secondary N) is 1. The Bertz CT molecular complexity index is 505. The molecule has 1 aromatic carbocycles. The van der Waals surface area contributed by atoms with Crippen LogP contribution in [0.25, 0.3) is 0 Å². The topological polar surface area (TPSA) is 64.4 Å². The fourth-order valence-electron chi connectivity index (χ4n) is 2.52. The van der Waals surface area contributed by atoms with Crippen molar-refractivity contribution < 1.29 is 9.66 Å². The molecule has 0 bridgehead atoms. The minimum Gasteiger partial charge on any atom is -0.375 e. The van der Waals surface area contributed by atoms with Gasteiger partial charge in [-0.2, -0.15) is 0 Å². The van der Waals surface area contributed by atoms with E-state index in [0.717, 1.165) is 12.8 Å². The summed E-state index contributed by atoms with van der Waals surface area (Å²) >= 11 is 5.81. The molecule has 1 saturated heterocycles. The van der Waals surface area contributed by atoms with Crippen LogP contribution < -0.4 is 5.32 Å². The number of ether oxygens (including phenoxy) is 1. The molecule has 20 heavy (non-hydrogen) atoms. The Morgan fingerprint density at radius 2 is 2.30 bits per heavy atom. The van der Waals surface area contributed by atoms with Crippen molar-refractivity contribution in [3.8, 4) is 0 Å². The van der Waals surface area contributed by atoms with E-state index in [9.17, 15) is 10.1 Å². The van der Waals surface area contributed by atoms with Crippen molar-refractivity contribution in [1.29, 1.82) is 0 Å². The third-order valence-corrected chi connectivity index (χ3v) is 3.76. The van der Waals surface area contributed by atoms with Crippen molar-refractivity contribution in [2.45, 2.75) is 44.9 Å². The molecule has 1 heterocycles. The number of nitrogens with zero attached hydrogens (tertiary/aromatic N) is 1. The number of rotatable bonds is 4. The van der Waals surface area contributed by atoms with Crippen molar-refractivity contribution in [2.24, 2.45) is 0 Å². The van der Waals surface area contributed by atoms with Gasteiger partial charge in [0.1, 0.15) is 0 Å². The second-order valence-corrected chi connectivity index (χ2v) is 6.15. The van der Waals surface area contributed by atoms with Gasteiger partial charge in [0.2, 0.25) is 0 Å². The molecule has 1 aromatic rings. The molecule has 1 fully saturated rings. The van der Waals surface area contributed by atoms with Gasteiger partial charge in [0, 0.05) is 35.8 Å². The van der Waals surface area contributed by atoms with Crippen LogP contribution in [0.5, 0.6) is 0 Å². The fraction of sp³-hybridized carbons (Fsp3) is 0.571. The van der Waals surface area contributed by atoms with Gasteiger partial charge in [0.05, 0.1) is 10.5 Å². The average molecular weight is 299 g/mol. The van der Waals surface area contributed by atoms with Gasteiger partial charge in [-0.05, 0) is 38.8 Å². The van der Waals surface area contributed by atoms with Crippen LogP contribution in [-0.4, -0.2) is 23.2 Å². The predicted octanol–water partition coefficient (Wildman–Crippen LogP) is 3.30. The lowest BCUT2D eigenvalue weighted by Gasteiger charge is -2.36. The van der Waals surface area contributed by atoms with Gasteiger partial charge < -0.3 is 10.1 Å². The highest BCUT2D eigenvalue weighted by molar-refractivity contribution is 6.30. The van der Waals surface area contributed by atoms with Crippen molar-refractivity contribution in [3.05, 3.63) is 38.9 Å². The number of hydrogen-bond acceptors (Lipinski definition) is 4. The van der Waals surface area contributed by atoms with E-state index in [0.29, 0.717) is 29.8 Å². The first-order valence-electron chi connectivity index (χ1n) is 6.67. The maximum atomic E-state index is 11.0. The SMILES string of the molecule is CC1(C)CC(NCc2ccc(Cl)cc2[N+](=O)[O-])CCO1. The molecule has 0 amide bonds. The summed E-state index contributed by atoms with van der Waals surface area (Å²) in [7, 11) is 0. The van der Waals surface area contributed by atoms with Crippen molar-refractivity contribution in [2.75, 3.05) is 6.61 Å². The van der Waals surface area contributed by atoms with E-state index < -0.39 is 4.92 Å². The zero-order chi connectivity index (χ0) is 14.8. The average Bonchev–Trinajstić information content (AvgIpc) is 2.36. The van der Waals surface area contributed by atoms with Crippen LogP contribution in [-0.2, 0) is 11.3 Å². The van der Waals surface area contributed by atoms with Crippen LogP contribution in [0, 0.1) is 10.1 Å². The lowest BCUT2D eigenvalue weighted by molar-refractivity contribution is -0.385. The molecule has 0 spiro atoms. The minimum absolute atomic E-state index is 0.0660. The second-order valence-electron chi connectivity index (χ2n) is 5.71. The largest absolute Gasteiger partial charge is 0.375 e. The first-order valence-corrected chi connectivity index (χ1v) is 7.05. The van der Waals surface area contributed by atoms with Gasteiger partial charge in [-0.25, -0.2) is 0 Å². The summed E-state index contributed by atoms with van der Waals surface area (Å²) in [5.74, 6) is 0. The molecular weight excluding hydrogens is 280 g/mol. The van der Waals surface area contributed by atoms with E-state index in [1.54, 1.807) is 12.1 Å². The number of halogens is 1. The molecule has 0 aliphatic carbocycles. The molecule has 0 radical (unpaired) electrons. The predicted molar refractivity (Wildman–Crippen MR) is 78.0 cm³/mol. The summed E-state index contributed by atoms with van der Waals surface area (Å²) in [6.45, 7) is 5.30. The highest BCUT2D eigenvalue weighted by atomic mass is 35.5. The number of hydrogen-bond donors (Lipinski definition) is 1. The summed E-state index contributed by atoms with van der Waals surface area (Å²) in [5, 5.41) is 14.8. The molecule has 1 atom stereocenters. The van der Waals surface area contributed by atoms with E-state index in [4.69, 9.17) is 16.3 Å². The second kappa shape index (κ2) is 6.08. The Balaban J connectivity index is 2.02. The van der Waals surface area contributed by atoms with Gasteiger partial charge in [-0.1, -0.05) is 11.6 Å². The van der Waals surface area contributed by atoms with Gasteiger partial charge in [-0.3, -0.25) is 10.1 Å². The van der Waals surface area contributed by atoms with E-state index in [1.807, 2.05) is 0 Å². The van der Waals surface area contributed by atoms with Crippen molar-refractivity contribution in [1.82, 2.24) is 5.32 Å². The molecule has 0 aromatic heterocycles. The van der Waals surface area contributed by atoms with Crippen LogP contribution in [0.4, 0.5) is 5.69 Å². The Morgan fingerprint density at radius 1 is 1.55 bits per heavy atom. The standard InChI is InChI=1S/C14H19ClN2O3/c1-14(2)8-12(5-6-20-14)16-9-10-3-4-11(15)7-13(10)17(18)19/h3-4,7,12,16H,5-6,8-9H2,1-2H3. The van der Waals surface area contributed by atoms with E-state index in [-0.39, 0.29) is 11.3 Å². The number of benzene rings is 1. The lowest BCUT2D eigenvalue weighted by Crippen LogP contribution is -2.43. The molecule has 1 aliphatic rings. The maximum Gasteiger partial charge on any atom is 0.275 e. The molecule has 2 rings (SSSR count). The van der Waals surface area contributed by atoms with Crippen molar-refractivity contribution >= 4 is 17.3 Å². The summed E-state index contributed by atoms with van der Waals surface area (Å²) in [6.07, 6.45) is 1.82. The zero-order valence-electron chi connectivity index (χ0n) is 11.7. The Morgan fingerprint density at radius 3 is 2.95 bits per heavy atom. The first-order chi connectivity index (χ1) is 9.37. The zero-order valence-corrected chi connectivity index (χ0v) is 12.4. The Hall–Kier alpha value is -1.17. The quantitative estimate of drug-likeness (QED) is 0.684. The monoisotopic (exact) mass is 298 g/mol. The molecule has 6 heteroatoms. The Labute approximate surface area is 123 Å². The molecule has 1 N–H and O–H groups in total. The van der Waals surface area contributed by atoms with Crippen molar-refractivity contribution in [3.63, 3.8) is 0 Å². The molecule has 110 valence electrons. The molecular formula is C14H19ClN2O3. The molecule has 1 aliphatic heterocycles. The number of nitro benzene ring substituents is 1. The van der Waals surface area contributed by atoms with Gasteiger partial charge in [0.15, 0.2) is 0 Å². The molecule has 5 nitrogen and oxygen atoms in total. The summed E-state index contributed by atoms with van der Waals surface area (Å²) in [5.41, 5.74) is 0.585. The van der Waals surface area contributed by atoms with E-state index in [1.165, 1.54) is 6.07 Å². The minimum atomic E-state index is -0.392. The van der Waals surface area contributed by atoms with Gasteiger partial charge in [-0.15, -0.1) is 0 Å². The van der Waals surface area contributed by atoms with Crippen LogP contribution in [0.15, 0.2) is 18.2 Å².